The molecule has 0 saturated carbocycles. The Morgan fingerprint density at radius 2 is 1.67 bits per heavy atom. The summed E-state index contributed by atoms with van der Waals surface area (Å²) in [5.74, 6) is 0.249. The van der Waals surface area contributed by atoms with Crippen LogP contribution in [0.4, 0.5) is 24.9 Å². The number of nitrogens with one attached hydrogen (secondary N) is 2. The number of hydrogen-bond acceptors (Lipinski definition) is 5. The van der Waals surface area contributed by atoms with Gasteiger partial charge >= 0.3 is 6.18 Å². The molecule has 8 heteroatoms. The Labute approximate surface area is 141 Å². The summed E-state index contributed by atoms with van der Waals surface area (Å²) in [6.07, 6.45) is -2.96. The lowest BCUT2D eigenvalue weighted by molar-refractivity contribution is -0.141. The van der Waals surface area contributed by atoms with Crippen molar-refractivity contribution in [2.45, 2.75) is 63.8 Å². The molecular formula is C16H26F3N5. The lowest BCUT2D eigenvalue weighted by atomic mass is 9.80. The van der Waals surface area contributed by atoms with Gasteiger partial charge in [0.2, 0.25) is 5.95 Å². The Bertz CT molecular complexity index is 580. The van der Waals surface area contributed by atoms with Gasteiger partial charge in [-0.1, -0.05) is 0 Å². The van der Waals surface area contributed by atoms with Gasteiger partial charge in [0.25, 0.3) is 0 Å². The molecule has 136 valence electrons. The highest BCUT2D eigenvalue weighted by Crippen LogP contribution is 2.32. The van der Waals surface area contributed by atoms with Gasteiger partial charge < -0.3 is 15.5 Å². The van der Waals surface area contributed by atoms with Crippen molar-refractivity contribution in [1.29, 1.82) is 0 Å². The molecule has 0 aromatic carbocycles. The Morgan fingerprint density at radius 1 is 1.12 bits per heavy atom. The summed E-state index contributed by atoms with van der Waals surface area (Å²) in [6, 6.07) is 0.955. The lowest BCUT2D eigenvalue weighted by Crippen LogP contribution is -2.60. The van der Waals surface area contributed by atoms with Gasteiger partial charge in [-0.3, -0.25) is 0 Å². The first-order valence-corrected chi connectivity index (χ1v) is 7.97. The molecule has 5 nitrogen and oxygen atoms in total. The number of nitrogens with zero attached hydrogens (tertiary/aromatic N) is 3. The van der Waals surface area contributed by atoms with Gasteiger partial charge in [-0.15, -0.1) is 0 Å². The van der Waals surface area contributed by atoms with E-state index in [1.54, 1.807) is 19.0 Å². The normalized spacial score (nSPS) is 20.7. The van der Waals surface area contributed by atoms with Crippen LogP contribution in [-0.4, -0.2) is 41.2 Å². The minimum absolute atomic E-state index is 0.00486. The zero-order valence-electron chi connectivity index (χ0n) is 15.0. The van der Waals surface area contributed by atoms with Crippen LogP contribution in [0, 0.1) is 0 Å². The van der Waals surface area contributed by atoms with E-state index in [1.165, 1.54) is 0 Å². The van der Waals surface area contributed by atoms with Crippen LogP contribution >= 0.6 is 0 Å². The standard InChI is InChI=1S/C16H26F3N5/c1-14(2)8-10(9-15(3,4)23-14)20-13-21-11(16(17,18)19)7-12(22-13)24(5)6/h7,10,23H,8-9H2,1-6H3,(H,20,21,22). The van der Waals surface area contributed by atoms with Gasteiger partial charge in [-0.25, -0.2) is 4.98 Å². The van der Waals surface area contributed by atoms with E-state index in [1.807, 2.05) is 0 Å². The number of alkyl halides is 3. The molecule has 24 heavy (non-hydrogen) atoms. The summed E-state index contributed by atoms with van der Waals surface area (Å²) in [5.41, 5.74) is -1.17. The maximum Gasteiger partial charge on any atom is 0.433 e. The molecule has 1 aliphatic heterocycles. The molecule has 0 unspecified atom stereocenters. The molecule has 1 aliphatic rings. The third kappa shape index (κ3) is 4.72. The largest absolute Gasteiger partial charge is 0.433 e. The van der Waals surface area contributed by atoms with E-state index in [4.69, 9.17) is 0 Å². The molecule has 0 bridgehead atoms. The molecule has 0 aliphatic carbocycles. The van der Waals surface area contributed by atoms with E-state index in [0.29, 0.717) is 0 Å². The average molecular weight is 345 g/mol. The van der Waals surface area contributed by atoms with Gasteiger partial charge in [0, 0.05) is 37.3 Å². The van der Waals surface area contributed by atoms with E-state index < -0.39 is 11.9 Å². The molecule has 2 rings (SSSR count). The molecule has 2 heterocycles. The van der Waals surface area contributed by atoms with E-state index in [-0.39, 0.29) is 28.9 Å². The Kier molecular flexibility index (Phi) is 4.74. The van der Waals surface area contributed by atoms with Crippen LogP contribution in [0.2, 0.25) is 0 Å². The molecule has 1 fully saturated rings. The number of aromatic nitrogens is 2. The van der Waals surface area contributed by atoms with Crippen LogP contribution < -0.4 is 15.5 Å². The molecule has 1 saturated heterocycles. The SMILES string of the molecule is CN(C)c1cc(C(F)(F)F)nc(NC2CC(C)(C)NC(C)(C)C2)n1. The second-order valence-corrected chi connectivity index (χ2v) is 7.97. The van der Waals surface area contributed by atoms with Gasteiger partial charge in [0.15, 0.2) is 5.69 Å². The van der Waals surface area contributed by atoms with Crippen LogP contribution in [-0.2, 0) is 6.18 Å². The first-order chi connectivity index (χ1) is 10.8. The van der Waals surface area contributed by atoms with Crippen LogP contribution in [0.25, 0.3) is 0 Å². The Morgan fingerprint density at radius 3 is 2.12 bits per heavy atom. The van der Waals surface area contributed by atoms with E-state index in [2.05, 4.69) is 48.3 Å². The molecular weight excluding hydrogens is 319 g/mol. The number of anilines is 2. The maximum atomic E-state index is 13.1. The zero-order chi connectivity index (χ0) is 18.3. The number of rotatable bonds is 3. The van der Waals surface area contributed by atoms with Crippen LogP contribution in [0.1, 0.15) is 46.2 Å². The summed E-state index contributed by atoms with van der Waals surface area (Å²) < 4.78 is 39.3. The molecule has 0 atom stereocenters. The summed E-state index contributed by atoms with van der Waals surface area (Å²) in [4.78, 5) is 9.44. The second-order valence-electron chi connectivity index (χ2n) is 7.97. The topological polar surface area (TPSA) is 53.1 Å². The third-order valence-electron chi connectivity index (χ3n) is 3.98. The number of hydrogen-bond donors (Lipinski definition) is 2. The average Bonchev–Trinajstić information content (AvgIpc) is 2.33. The van der Waals surface area contributed by atoms with Crippen molar-refractivity contribution in [3.63, 3.8) is 0 Å². The third-order valence-corrected chi connectivity index (χ3v) is 3.98. The maximum absolute atomic E-state index is 13.1. The van der Waals surface area contributed by atoms with E-state index >= 15 is 0 Å². The lowest BCUT2D eigenvalue weighted by Gasteiger charge is -2.46. The van der Waals surface area contributed by atoms with E-state index in [9.17, 15) is 13.2 Å². The van der Waals surface area contributed by atoms with Crippen molar-refractivity contribution in [3.8, 4) is 0 Å². The molecule has 0 radical (unpaired) electrons. The summed E-state index contributed by atoms with van der Waals surface area (Å²) in [6.45, 7) is 8.34. The van der Waals surface area contributed by atoms with Crippen molar-refractivity contribution < 1.29 is 13.2 Å². The molecule has 0 amide bonds. The molecule has 1 aromatic rings. The fraction of sp³-hybridized carbons (Fsp3) is 0.750. The number of halogens is 3. The van der Waals surface area contributed by atoms with Gasteiger partial charge in [-0.2, -0.15) is 18.2 Å². The molecule has 2 N–H and O–H groups in total. The summed E-state index contributed by atoms with van der Waals surface area (Å²) in [7, 11) is 3.31. The molecule has 1 aromatic heterocycles. The minimum atomic E-state index is -4.50. The fourth-order valence-corrected chi connectivity index (χ4v) is 3.48. The van der Waals surface area contributed by atoms with Crippen molar-refractivity contribution in [2.75, 3.05) is 24.3 Å². The van der Waals surface area contributed by atoms with Crippen molar-refractivity contribution in [3.05, 3.63) is 11.8 Å². The van der Waals surface area contributed by atoms with Crippen molar-refractivity contribution in [1.82, 2.24) is 15.3 Å². The van der Waals surface area contributed by atoms with Crippen molar-refractivity contribution >= 4 is 11.8 Å². The second kappa shape index (κ2) is 6.06. The van der Waals surface area contributed by atoms with Gasteiger partial charge in [0.1, 0.15) is 5.82 Å². The minimum Gasteiger partial charge on any atom is -0.363 e. The number of piperidine rings is 1. The smallest absolute Gasteiger partial charge is 0.363 e. The first kappa shape index (κ1) is 18.8. The van der Waals surface area contributed by atoms with Crippen LogP contribution in [0.3, 0.4) is 0 Å². The zero-order valence-corrected chi connectivity index (χ0v) is 15.0. The Balaban J connectivity index is 2.30. The summed E-state index contributed by atoms with van der Waals surface area (Å²) >= 11 is 0. The van der Waals surface area contributed by atoms with Gasteiger partial charge in [0.05, 0.1) is 0 Å². The first-order valence-electron chi connectivity index (χ1n) is 7.97. The molecule has 0 spiro atoms. The summed E-state index contributed by atoms with van der Waals surface area (Å²) in [5, 5.41) is 6.65. The van der Waals surface area contributed by atoms with Crippen LogP contribution in [0.5, 0.6) is 0 Å². The monoisotopic (exact) mass is 345 g/mol. The highest BCUT2D eigenvalue weighted by Gasteiger charge is 2.38. The Hall–Kier alpha value is -1.57. The fourth-order valence-electron chi connectivity index (χ4n) is 3.48. The highest BCUT2D eigenvalue weighted by molar-refractivity contribution is 5.44. The predicted molar refractivity (Wildman–Crippen MR) is 89.3 cm³/mol. The quantitative estimate of drug-likeness (QED) is 0.880. The van der Waals surface area contributed by atoms with Crippen molar-refractivity contribution in [2.24, 2.45) is 0 Å². The highest BCUT2D eigenvalue weighted by atomic mass is 19.4. The van der Waals surface area contributed by atoms with Gasteiger partial charge in [-0.05, 0) is 40.5 Å². The predicted octanol–water partition coefficient (Wildman–Crippen LogP) is 3.28. The van der Waals surface area contributed by atoms with Crippen LogP contribution in [0.15, 0.2) is 6.07 Å². The van der Waals surface area contributed by atoms with E-state index in [0.717, 1.165) is 18.9 Å².